The van der Waals surface area contributed by atoms with E-state index < -0.39 is 0 Å². The molecule has 158 valence electrons. The molecule has 8 heteroatoms. The Labute approximate surface area is 194 Å². The second-order valence-electron chi connectivity index (χ2n) is 7.16. The Hall–Kier alpha value is -3.42. The highest BCUT2D eigenvalue weighted by Gasteiger charge is 2.29. The fourth-order valence-corrected chi connectivity index (χ4v) is 4.44. The Morgan fingerprint density at radius 2 is 1.66 bits per heavy atom. The molecule has 0 atom stereocenters. The van der Waals surface area contributed by atoms with E-state index in [0.29, 0.717) is 22.5 Å². The van der Waals surface area contributed by atoms with Crippen LogP contribution < -0.4 is 5.01 Å². The Morgan fingerprint density at radius 1 is 0.938 bits per heavy atom. The van der Waals surface area contributed by atoms with Crippen LogP contribution in [0.5, 0.6) is 0 Å². The quantitative estimate of drug-likeness (QED) is 0.397. The van der Waals surface area contributed by atoms with Gasteiger partial charge in [0.15, 0.2) is 0 Å². The van der Waals surface area contributed by atoms with Gasteiger partial charge in [0.25, 0.3) is 11.9 Å². The molecular weight excluding hydrogens is 442 g/mol. The third kappa shape index (κ3) is 3.81. The molecule has 5 rings (SSSR count). The van der Waals surface area contributed by atoms with Crippen LogP contribution in [-0.4, -0.2) is 32.1 Å². The van der Waals surface area contributed by atoms with Crippen molar-refractivity contribution in [1.29, 1.82) is 0 Å². The van der Waals surface area contributed by atoms with Gasteiger partial charge in [0.05, 0.1) is 11.4 Å². The molecule has 32 heavy (non-hydrogen) atoms. The first kappa shape index (κ1) is 20.5. The number of aromatic nitrogens is 3. The predicted octanol–water partition coefficient (Wildman–Crippen LogP) is 5.12. The van der Waals surface area contributed by atoms with E-state index in [1.54, 1.807) is 0 Å². The maximum Gasteiger partial charge on any atom is 0.260 e. The summed E-state index contributed by atoms with van der Waals surface area (Å²) in [6.45, 7) is 1.86. The van der Waals surface area contributed by atoms with Crippen LogP contribution >= 0.6 is 23.4 Å². The lowest BCUT2D eigenvalue weighted by Crippen LogP contribution is -2.30. The highest BCUT2D eigenvalue weighted by Crippen LogP contribution is 2.30. The molecule has 2 heterocycles. The molecular formula is C24H18ClN5OS. The number of fused-ring (bicyclic) bond motifs is 3. The lowest BCUT2D eigenvalue weighted by Gasteiger charge is -2.15. The second kappa shape index (κ2) is 8.61. The SMILES string of the molecule is Cc1nnc2n1-c1ccccc1C(c1ccc(Cl)cc1)=NN2C(=O)CSc1ccccc1. The normalized spacial score (nSPS) is 12.6. The molecule has 0 spiro atoms. The zero-order valence-corrected chi connectivity index (χ0v) is 18.7. The number of nitrogens with zero attached hydrogens (tertiary/aromatic N) is 5. The Morgan fingerprint density at radius 3 is 2.44 bits per heavy atom. The van der Waals surface area contributed by atoms with Crippen molar-refractivity contribution in [2.45, 2.75) is 11.8 Å². The first-order valence-electron chi connectivity index (χ1n) is 9.99. The van der Waals surface area contributed by atoms with Gasteiger partial charge < -0.3 is 0 Å². The third-order valence-corrected chi connectivity index (χ3v) is 6.31. The van der Waals surface area contributed by atoms with Gasteiger partial charge in [-0.15, -0.1) is 22.0 Å². The monoisotopic (exact) mass is 459 g/mol. The van der Waals surface area contributed by atoms with E-state index in [9.17, 15) is 4.79 Å². The van der Waals surface area contributed by atoms with Gasteiger partial charge in [0.2, 0.25) is 0 Å². The van der Waals surface area contributed by atoms with Crippen molar-refractivity contribution in [3.8, 4) is 5.69 Å². The maximum absolute atomic E-state index is 13.4. The van der Waals surface area contributed by atoms with Gasteiger partial charge in [-0.3, -0.25) is 9.36 Å². The molecule has 0 aliphatic carbocycles. The molecule has 0 saturated carbocycles. The predicted molar refractivity (Wildman–Crippen MR) is 128 cm³/mol. The van der Waals surface area contributed by atoms with Gasteiger partial charge in [-0.25, -0.2) is 0 Å². The first-order valence-corrected chi connectivity index (χ1v) is 11.4. The molecule has 0 fully saturated rings. The molecule has 4 aromatic rings. The van der Waals surface area contributed by atoms with Gasteiger partial charge >= 0.3 is 0 Å². The second-order valence-corrected chi connectivity index (χ2v) is 8.65. The standard InChI is InChI=1S/C24H18ClN5OS/c1-16-26-27-24-29(16)21-10-6-5-9-20(21)23(17-11-13-18(25)14-12-17)28-30(24)22(31)15-32-19-7-3-2-4-8-19/h2-14H,15H2,1H3. The number of para-hydroxylation sites is 1. The van der Waals surface area contributed by atoms with E-state index in [2.05, 4.69) is 10.2 Å². The van der Waals surface area contributed by atoms with Gasteiger partial charge in [-0.05, 0) is 37.3 Å². The zero-order valence-electron chi connectivity index (χ0n) is 17.1. The fraction of sp³-hybridized carbons (Fsp3) is 0.0833. The van der Waals surface area contributed by atoms with E-state index >= 15 is 0 Å². The van der Waals surface area contributed by atoms with Crippen molar-refractivity contribution >= 4 is 40.9 Å². The summed E-state index contributed by atoms with van der Waals surface area (Å²) in [5.41, 5.74) is 3.27. The molecule has 1 aliphatic heterocycles. The van der Waals surface area contributed by atoms with Gasteiger partial charge in [0, 0.05) is 21.0 Å². The van der Waals surface area contributed by atoms with Crippen LogP contribution in [0.2, 0.25) is 5.02 Å². The van der Waals surface area contributed by atoms with Crippen LogP contribution in [0.3, 0.4) is 0 Å². The number of hydrogen-bond donors (Lipinski definition) is 0. The topological polar surface area (TPSA) is 63.4 Å². The zero-order chi connectivity index (χ0) is 22.1. The number of halogens is 1. The largest absolute Gasteiger partial charge is 0.271 e. The number of benzene rings is 3. The van der Waals surface area contributed by atoms with Gasteiger partial charge in [-0.2, -0.15) is 10.1 Å². The molecule has 0 bridgehead atoms. The van der Waals surface area contributed by atoms with E-state index in [-0.39, 0.29) is 11.7 Å². The summed E-state index contributed by atoms with van der Waals surface area (Å²) in [5.74, 6) is 1.07. The number of carbonyl (C=O) groups excluding carboxylic acids is 1. The van der Waals surface area contributed by atoms with Crippen molar-refractivity contribution in [3.05, 3.63) is 101 Å². The number of anilines is 1. The van der Waals surface area contributed by atoms with E-state index in [0.717, 1.165) is 21.7 Å². The van der Waals surface area contributed by atoms with Crippen LogP contribution in [0.25, 0.3) is 5.69 Å². The Balaban J connectivity index is 1.62. The number of hydrazone groups is 1. The maximum atomic E-state index is 13.4. The van der Waals surface area contributed by atoms with Crippen molar-refractivity contribution in [3.63, 3.8) is 0 Å². The fourth-order valence-electron chi connectivity index (χ4n) is 3.55. The highest BCUT2D eigenvalue weighted by atomic mass is 35.5. The molecule has 3 aromatic carbocycles. The molecule has 0 radical (unpaired) electrons. The van der Waals surface area contributed by atoms with Crippen molar-refractivity contribution in [1.82, 2.24) is 14.8 Å². The molecule has 0 unspecified atom stereocenters. The summed E-state index contributed by atoms with van der Waals surface area (Å²) in [6.07, 6.45) is 0. The summed E-state index contributed by atoms with van der Waals surface area (Å²) in [4.78, 5) is 14.4. The van der Waals surface area contributed by atoms with Crippen molar-refractivity contribution < 1.29 is 4.79 Å². The smallest absolute Gasteiger partial charge is 0.260 e. The molecule has 1 amide bonds. The van der Waals surface area contributed by atoms with E-state index in [1.807, 2.05) is 90.4 Å². The third-order valence-electron chi connectivity index (χ3n) is 5.06. The average Bonchev–Trinajstić information content (AvgIpc) is 3.13. The Bertz CT molecular complexity index is 1320. The minimum atomic E-state index is -0.188. The minimum Gasteiger partial charge on any atom is -0.271 e. The van der Waals surface area contributed by atoms with E-state index in [1.165, 1.54) is 16.8 Å². The Kier molecular flexibility index (Phi) is 5.51. The van der Waals surface area contributed by atoms with Crippen molar-refractivity contribution in [2.75, 3.05) is 10.8 Å². The number of carbonyl (C=O) groups is 1. The summed E-state index contributed by atoms with van der Waals surface area (Å²) in [6, 6.07) is 25.1. The minimum absolute atomic E-state index is 0.188. The molecule has 1 aromatic heterocycles. The molecule has 0 saturated heterocycles. The lowest BCUT2D eigenvalue weighted by atomic mass is 10.0. The molecule has 6 nitrogen and oxygen atoms in total. The van der Waals surface area contributed by atoms with Crippen molar-refractivity contribution in [2.24, 2.45) is 5.10 Å². The van der Waals surface area contributed by atoms with Crippen LogP contribution in [0.15, 0.2) is 88.9 Å². The summed E-state index contributed by atoms with van der Waals surface area (Å²) in [5, 5.41) is 15.3. The van der Waals surface area contributed by atoms with Gasteiger partial charge in [0.1, 0.15) is 11.5 Å². The number of rotatable bonds is 4. The number of amides is 1. The summed E-state index contributed by atoms with van der Waals surface area (Å²) < 4.78 is 1.87. The molecule has 1 aliphatic rings. The number of hydrogen-bond acceptors (Lipinski definition) is 5. The van der Waals surface area contributed by atoms with Crippen LogP contribution in [0.1, 0.15) is 17.0 Å². The summed E-state index contributed by atoms with van der Waals surface area (Å²) >= 11 is 7.57. The molecule has 0 N–H and O–H groups in total. The van der Waals surface area contributed by atoms with E-state index in [4.69, 9.17) is 16.7 Å². The van der Waals surface area contributed by atoms with Gasteiger partial charge in [-0.1, -0.05) is 60.1 Å². The average molecular weight is 460 g/mol. The van der Waals surface area contributed by atoms with Crippen LogP contribution in [0, 0.1) is 6.92 Å². The van der Waals surface area contributed by atoms with Crippen LogP contribution in [0.4, 0.5) is 5.95 Å². The number of aryl methyl sites for hydroxylation is 1. The highest BCUT2D eigenvalue weighted by molar-refractivity contribution is 8.00. The first-order chi connectivity index (χ1) is 15.6. The summed E-state index contributed by atoms with van der Waals surface area (Å²) in [7, 11) is 0. The lowest BCUT2D eigenvalue weighted by molar-refractivity contribution is -0.116. The number of thioether (sulfide) groups is 1. The van der Waals surface area contributed by atoms with Crippen LogP contribution in [-0.2, 0) is 4.79 Å².